The SMILES string of the molecule is CN(CCCNC(=O)CCc1ccc(C#N)cc1)Cc1ccccc1. The fourth-order valence-corrected chi connectivity index (χ4v) is 2.64. The molecule has 4 nitrogen and oxygen atoms in total. The number of nitrogens with one attached hydrogen (secondary N) is 1. The van der Waals surface area contributed by atoms with E-state index in [0.717, 1.165) is 25.1 Å². The van der Waals surface area contributed by atoms with Crippen LogP contribution < -0.4 is 5.32 Å². The number of aryl methyl sites for hydroxylation is 1. The van der Waals surface area contributed by atoms with Gasteiger partial charge in [0.25, 0.3) is 0 Å². The van der Waals surface area contributed by atoms with Gasteiger partial charge in [-0.3, -0.25) is 4.79 Å². The van der Waals surface area contributed by atoms with Crippen molar-refractivity contribution >= 4 is 5.91 Å². The average Bonchev–Trinajstić information content (AvgIpc) is 2.65. The zero-order chi connectivity index (χ0) is 17.9. The van der Waals surface area contributed by atoms with Crippen molar-refractivity contribution < 1.29 is 4.79 Å². The van der Waals surface area contributed by atoms with Crippen LogP contribution in [0.1, 0.15) is 29.5 Å². The van der Waals surface area contributed by atoms with Crippen molar-refractivity contribution in [2.75, 3.05) is 20.1 Å². The number of nitriles is 1. The van der Waals surface area contributed by atoms with E-state index in [1.54, 1.807) is 12.1 Å². The van der Waals surface area contributed by atoms with Gasteiger partial charge in [0.05, 0.1) is 11.6 Å². The van der Waals surface area contributed by atoms with Gasteiger partial charge in [0.2, 0.25) is 5.91 Å². The number of nitrogens with zero attached hydrogens (tertiary/aromatic N) is 2. The van der Waals surface area contributed by atoms with Crippen LogP contribution in [0.2, 0.25) is 0 Å². The standard InChI is InChI=1S/C21H25N3O/c1-24(17-20-6-3-2-4-7-20)15-5-14-23-21(25)13-12-18-8-10-19(16-22)11-9-18/h2-4,6-11H,5,12-15,17H2,1H3,(H,23,25). The van der Waals surface area contributed by atoms with E-state index in [4.69, 9.17) is 5.26 Å². The van der Waals surface area contributed by atoms with Crippen LogP contribution in [-0.2, 0) is 17.8 Å². The van der Waals surface area contributed by atoms with Crippen molar-refractivity contribution in [1.29, 1.82) is 5.26 Å². The molecule has 0 aliphatic carbocycles. The van der Waals surface area contributed by atoms with Crippen LogP contribution >= 0.6 is 0 Å². The first-order chi connectivity index (χ1) is 12.2. The van der Waals surface area contributed by atoms with E-state index in [2.05, 4.69) is 47.6 Å². The number of carbonyl (C=O) groups is 1. The van der Waals surface area contributed by atoms with E-state index < -0.39 is 0 Å². The van der Waals surface area contributed by atoms with Crippen molar-refractivity contribution in [3.8, 4) is 6.07 Å². The molecule has 0 aliphatic heterocycles. The highest BCUT2D eigenvalue weighted by Crippen LogP contribution is 2.06. The minimum Gasteiger partial charge on any atom is -0.356 e. The Morgan fingerprint density at radius 2 is 1.80 bits per heavy atom. The minimum absolute atomic E-state index is 0.0788. The summed E-state index contributed by atoms with van der Waals surface area (Å²) in [5.74, 6) is 0.0788. The highest BCUT2D eigenvalue weighted by molar-refractivity contribution is 5.76. The number of carbonyl (C=O) groups excluding carboxylic acids is 1. The molecule has 0 radical (unpaired) electrons. The zero-order valence-electron chi connectivity index (χ0n) is 14.7. The maximum Gasteiger partial charge on any atom is 0.220 e. The van der Waals surface area contributed by atoms with Crippen LogP contribution in [0.25, 0.3) is 0 Å². The van der Waals surface area contributed by atoms with Gasteiger partial charge in [-0.15, -0.1) is 0 Å². The monoisotopic (exact) mass is 335 g/mol. The molecule has 0 heterocycles. The number of benzene rings is 2. The third kappa shape index (κ3) is 7.19. The number of rotatable bonds is 9. The largest absolute Gasteiger partial charge is 0.356 e. The van der Waals surface area contributed by atoms with Gasteiger partial charge in [0, 0.05) is 19.5 Å². The number of hydrogen-bond acceptors (Lipinski definition) is 3. The molecular formula is C21H25N3O. The highest BCUT2D eigenvalue weighted by Gasteiger charge is 2.04. The van der Waals surface area contributed by atoms with E-state index in [0.29, 0.717) is 24.9 Å². The molecule has 25 heavy (non-hydrogen) atoms. The van der Waals surface area contributed by atoms with E-state index in [9.17, 15) is 4.79 Å². The molecule has 0 bridgehead atoms. The number of amides is 1. The Hall–Kier alpha value is -2.64. The molecule has 4 heteroatoms. The van der Waals surface area contributed by atoms with Gasteiger partial charge >= 0.3 is 0 Å². The summed E-state index contributed by atoms with van der Waals surface area (Å²) in [7, 11) is 2.10. The summed E-state index contributed by atoms with van der Waals surface area (Å²) in [4.78, 5) is 14.2. The Morgan fingerprint density at radius 1 is 1.08 bits per heavy atom. The third-order valence-corrected chi connectivity index (χ3v) is 4.06. The molecule has 2 aromatic rings. The van der Waals surface area contributed by atoms with Gasteiger partial charge in [-0.25, -0.2) is 0 Å². The number of hydrogen-bond donors (Lipinski definition) is 1. The molecule has 0 spiro atoms. The molecule has 2 aromatic carbocycles. The topological polar surface area (TPSA) is 56.1 Å². The fourth-order valence-electron chi connectivity index (χ4n) is 2.64. The summed E-state index contributed by atoms with van der Waals surface area (Å²) in [5.41, 5.74) is 3.03. The van der Waals surface area contributed by atoms with Gasteiger partial charge in [0.1, 0.15) is 0 Å². The van der Waals surface area contributed by atoms with Gasteiger partial charge in [0.15, 0.2) is 0 Å². The Morgan fingerprint density at radius 3 is 2.48 bits per heavy atom. The summed E-state index contributed by atoms with van der Waals surface area (Å²) in [5, 5.41) is 11.7. The van der Waals surface area contributed by atoms with Crippen LogP contribution in [0.3, 0.4) is 0 Å². The lowest BCUT2D eigenvalue weighted by atomic mass is 10.1. The van der Waals surface area contributed by atoms with Crippen molar-refractivity contribution in [3.63, 3.8) is 0 Å². The molecule has 0 aromatic heterocycles. The first kappa shape index (κ1) is 18.7. The summed E-state index contributed by atoms with van der Waals surface area (Å²) in [6.45, 7) is 2.57. The Balaban J connectivity index is 1.58. The molecule has 1 N–H and O–H groups in total. The highest BCUT2D eigenvalue weighted by atomic mass is 16.1. The van der Waals surface area contributed by atoms with Gasteiger partial charge in [-0.2, -0.15) is 5.26 Å². The normalized spacial score (nSPS) is 10.4. The fraction of sp³-hybridized carbons (Fsp3) is 0.333. The van der Waals surface area contributed by atoms with Crippen molar-refractivity contribution in [2.45, 2.75) is 25.8 Å². The lowest BCUT2D eigenvalue weighted by Crippen LogP contribution is -2.28. The van der Waals surface area contributed by atoms with Crippen molar-refractivity contribution in [2.24, 2.45) is 0 Å². The summed E-state index contributed by atoms with van der Waals surface area (Å²) >= 11 is 0. The van der Waals surface area contributed by atoms with E-state index >= 15 is 0 Å². The molecule has 0 saturated carbocycles. The van der Waals surface area contributed by atoms with Gasteiger partial charge in [-0.05, 0) is 49.7 Å². The van der Waals surface area contributed by atoms with E-state index in [1.807, 2.05) is 18.2 Å². The molecule has 130 valence electrons. The molecule has 0 atom stereocenters. The van der Waals surface area contributed by atoms with Gasteiger partial charge in [-0.1, -0.05) is 42.5 Å². The van der Waals surface area contributed by atoms with E-state index in [1.165, 1.54) is 5.56 Å². The summed E-state index contributed by atoms with van der Waals surface area (Å²) in [6.07, 6.45) is 2.11. The van der Waals surface area contributed by atoms with Crippen molar-refractivity contribution in [3.05, 3.63) is 71.3 Å². The molecule has 0 fully saturated rings. The second-order valence-corrected chi connectivity index (χ2v) is 6.24. The van der Waals surface area contributed by atoms with Crippen LogP contribution in [0.15, 0.2) is 54.6 Å². The van der Waals surface area contributed by atoms with Crippen LogP contribution in [0.4, 0.5) is 0 Å². The maximum atomic E-state index is 11.9. The lowest BCUT2D eigenvalue weighted by Gasteiger charge is -2.16. The van der Waals surface area contributed by atoms with Crippen LogP contribution in [0, 0.1) is 11.3 Å². The Kier molecular flexibility index (Phi) is 7.68. The first-order valence-electron chi connectivity index (χ1n) is 8.65. The first-order valence-corrected chi connectivity index (χ1v) is 8.65. The summed E-state index contributed by atoms with van der Waals surface area (Å²) in [6, 6.07) is 19.9. The zero-order valence-corrected chi connectivity index (χ0v) is 14.7. The van der Waals surface area contributed by atoms with Crippen LogP contribution in [0.5, 0.6) is 0 Å². The minimum atomic E-state index is 0.0788. The summed E-state index contributed by atoms with van der Waals surface area (Å²) < 4.78 is 0. The smallest absolute Gasteiger partial charge is 0.220 e. The molecule has 1 amide bonds. The molecular weight excluding hydrogens is 310 g/mol. The average molecular weight is 335 g/mol. The molecule has 0 unspecified atom stereocenters. The Bertz CT molecular complexity index is 689. The molecule has 0 aliphatic rings. The molecule has 2 rings (SSSR count). The second-order valence-electron chi connectivity index (χ2n) is 6.24. The third-order valence-electron chi connectivity index (χ3n) is 4.06. The van der Waals surface area contributed by atoms with Crippen molar-refractivity contribution in [1.82, 2.24) is 10.2 Å². The molecule has 0 saturated heterocycles. The van der Waals surface area contributed by atoms with E-state index in [-0.39, 0.29) is 5.91 Å². The predicted octanol–water partition coefficient (Wildman–Crippen LogP) is 3.13. The van der Waals surface area contributed by atoms with Crippen LogP contribution in [-0.4, -0.2) is 30.9 Å². The second kappa shape index (κ2) is 10.3. The maximum absolute atomic E-state index is 11.9. The lowest BCUT2D eigenvalue weighted by molar-refractivity contribution is -0.121. The predicted molar refractivity (Wildman–Crippen MR) is 99.9 cm³/mol. The Labute approximate surface area is 150 Å². The van der Waals surface area contributed by atoms with Gasteiger partial charge < -0.3 is 10.2 Å². The quantitative estimate of drug-likeness (QED) is 0.716.